The Labute approximate surface area is 260 Å². The first-order valence-electron chi connectivity index (χ1n) is 15.8. The van der Waals surface area contributed by atoms with Crippen LogP contribution in [-0.4, -0.2) is 9.55 Å². The van der Waals surface area contributed by atoms with Crippen molar-refractivity contribution in [1.82, 2.24) is 9.55 Å². The normalized spacial score (nSPS) is 12.4. The summed E-state index contributed by atoms with van der Waals surface area (Å²) >= 11 is 0. The molecule has 7 rings (SSSR count). The molecule has 0 fully saturated rings. The van der Waals surface area contributed by atoms with Crippen LogP contribution in [0.15, 0.2) is 108 Å². The van der Waals surface area contributed by atoms with Crippen LogP contribution in [0.3, 0.4) is 0 Å². The van der Waals surface area contributed by atoms with E-state index in [1.807, 2.05) is 0 Å². The number of benzene rings is 5. The Hall–Kier alpha value is -4.63. The monoisotopic (exact) mass is 576 g/mol. The van der Waals surface area contributed by atoms with Gasteiger partial charge in [0, 0.05) is 10.8 Å². The van der Waals surface area contributed by atoms with Crippen molar-refractivity contribution >= 4 is 33.0 Å². The standard InChI is InChI=1S/C41H40N2O/c1-25(2)33-22-28(27-14-9-8-10-15-27)23-34(26(3)4)38(33)43-36-19-12-11-18-35(36)42-40(43)32-17-13-16-31-30-21-20-29(41(5,6)7)24-37(30)44-39(31)32/h8-26H,1-7H3. The Morgan fingerprint density at radius 1 is 0.659 bits per heavy atom. The molecule has 0 spiro atoms. The largest absolute Gasteiger partial charge is 0.455 e. The van der Waals surface area contributed by atoms with Crippen molar-refractivity contribution in [3.05, 3.63) is 120 Å². The molecule has 0 aliphatic carbocycles. The topological polar surface area (TPSA) is 31.0 Å². The lowest BCUT2D eigenvalue weighted by atomic mass is 9.86. The Kier molecular flexibility index (Phi) is 6.73. The number of fused-ring (bicyclic) bond motifs is 4. The van der Waals surface area contributed by atoms with E-state index < -0.39 is 0 Å². The lowest BCUT2D eigenvalue weighted by molar-refractivity contribution is 0.587. The highest BCUT2D eigenvalue weighted by Gasteiger charge is 2.25. The van der Waals surface area contributed by atoms with Gasteiger partial charge in [0.2, 0.25) is 0 Å². The van der Waals surface area contributed by atoms with E-state index in [-0.39, 0.29) is 5.41 Å². The molecule has 3 heteroatoms. The maximum absolute atomic E-state index is 6.74. The number of aromatic nitrogens is 2. The average Bonchev–Trinajstić information content (AvgIpc) is 3.58. The summed E-state index contributed by atoms with van der Waals surface area (Å²) in [6, 6.07) is 37.1. The van der Waals surface area contributed by atoms with E-state index in [0.717, 1.165) is 44.4 Å². The van der Waals surface area contributed by atoms with Crippen LogP contribution in [0.25, 0.3) is 61.2 Å². The molecule has 0 amide bonds. The lowest BCUT2D eigenvalue weighted by Gasteiger charge is -2.24. The fraction of sp³-hybridized carbons (Fsp3) is 0.244. The molecule has 0 saturated heterocycles. The molecular weight excluding hydrogens is 536 g/mol. The minimum absolute atomic E-state index is 0.0381. The van der Waals surface area contributed by atoms with Crippen LogP contribution in [-0.2, 0) is 5.41 Å². The van der Waals surface area contributed by atoms with Crippen LogP contribution >= 0.6 is 0 Å². The molecule has 0 unspecified atom stereocenters. The second kappa shape index (κ2) is 10.5. The van der Waals surface area contributed by atoms with Gasteiger partial charge in [0.25, 0.3) is 0 Å². The SMILES string of the molecule is CC(C)c1cc(-c2ccccc2)cc(C(C)C)c1-n1c(-c2cccc3c2oc2cc(C(C)(C)C)ccc23)nc2ccccc21. The van der Waals surface area contributed by atoms with Gasteiger partial charge in [-0.15, -0.1) is 0 Å². The van der Waals surface area contributed by atoms with E-state index in [1.165, 1.54) is 33.5 Å². The number of hydrogen-bond donors (Lipinski definition) is 0. The molecule has 2 aromatic heterocycles. The van der Waals surface area contributed by atoms with Crippen molar-refractivity contribution < 1.29 is 4.42 Å². The summed E-state index contributed by atoms with van der Waals surface area (Å²) in [6.45, 7) is 15.9. The molecule has 0 aliphatic heterocycles. The number of para-hydroxylation sites is 3. The summed E-state index contributed by atoms with van der Waals surface area (Å²) in [5, 5.41) is 2.25. The van der Waals surface area contributed by atoms with E-state index >= 15 is 0 Å². The molecule has 220 valence electrons. The zero-order valence-corrected chi connectivity index (χ0v) is 26.8. The van der Waals surface area contributed by atoms with E-state index in [1.54, 1.807) is 0 Å². The minimum atomic E-state index is 0.0381. The highest BCUT2D eigenvalue weighted by Crippen LogP contribution is 2.43. The summed E-state index contributed by atoms with van der Waals surface area (Å²) < 4.78 is 9.14. The Bertz CT molecular complexity index is 2120. The van der Waals surface area contributed by atoms with Crippen molar-refractivity contribution in [2.24, 2.45) is 0 Å². The number of hydrogen-bond acceptors (Lipinski definition) is 2. The first kappa shape index (κ1) is 28.2. The van der Waals surface area contributed by atoms with Gasteiger partial charge in [-0.3, -0.25) is 4.57 Å². The van der Waals surface area contributed by atoms with Crippen molar-refractivity contribution in [2.75, 3.05) is 0 Å². The maximum Gasteiger partial charge on any atom is 0.149 e. The molecule has 3 nitrogen and oxygen atoms in total. The van der Waals surface area contributed by atoms with Gasteiger partial charge in [0.15, 0.2) is 0 Å². The van der Waals surface area contributed by atoms with Crippen molar-refractivity contribution in [2.45, 2.75) is 65.7 Å². The minimum Gasteiger partial charge on any atom is -0.455 e. The van der Waals surface area contributed by atoms with Crippen LogP contribution in [0.2, 0.25) is 0 Å². The molecular formula is C41H40N2O. The average molecular weight is 577 g/mol. The molecule has 5 aromatic carbocycles. The van der Waals surface area contributed by atoms with Crippen molar-refractivity contribution in [3.8, 4) is 28.2 Å². The predicted octanol–water partition coefficient (Wildman–Crippen LogP) is 11.8. The van der Waals surface area contributed by atoms with Gasteiger partial charge in [-0.25, -0.2) is 4.98 Å². The quantitative estimate of drug-likeness (QED) is 0.204. The van der Waals surface area contributed by atoms with E-state index in [2.05, 4.69) is 156 Å². The van der Waals surface area contributed by atoms with Gasteiger partial charge < -0.3 is 4.42 Å². The third-order valence-electron chi connectivity index (χ3n) is 8.91. The zero-order chi connectivity index (χ0) is 30.7. The smallest absolute Gasteiger partial charge is 0.149 e. The molecule has 7 aromatic rings. The Morgan fingerprint density at radius 2 is 1.34 bits per heavy atom. The second-order valence-electron chi connectivity index (χ2n) is 13.7. The summed E-state index contributed by atoms with van der Waals surface area (Å²) in [5.74, 6) is 1.51. The predicted molar refractivity (Wildman–Crippen MR) is 186 cm³/mol. The highest BCUT2D eigenvalue weighted by molar-refractivity contribution is 6.09. The molecule has 44 heavy (non-hydrogen) atoms. The van der Waals surface area contributed by atoms with Crippen LogP contribution in [0.5, 0.6) is 0 Å². The molecule has 0 saturated carbocycles. The molecule has 2 heterocycles. The molecule has 0 aliphatic rings. The van der Waals surface area contributed by atoms with E-state index in [4.69, 9.17) is 9.40 Å². The molecule has 0 bridgehead atoms. The summed E-state index contributed by atoms with van der Waals surface area (Å²) in [6.07, 6.45) is 0. The zero-order valence-electron chi connectivity index (χ0n) is 26.8. The highest BCUT2D eigenvalue weighted by atomic mass is 16.3. The van der Waals surface area contributed by atoms with Gasteiger partial charge in [-0.2, -0.15) is 0 Å². The van der Waals surface area contributed by atoms with Crippen LogP contribution in [0.4, 0.5) is 0 Å². The van der Waals surface area contributed by atoms with Gasteiger partial charge in [0.05, 0.1) is 22.3 Å². The summed E-state index contributed by atoms with van der Waals surface area (Å²) in [4.78, 5) is 5.32. The van der Waals surface area contributed by atoms with Crippen LogP contribution in [0, 0.1) is 0 Å². The fourth-order valence-corrected chi connectivity index (χ4v) is 6.49. The first-order valence-corrected chi connectivity index (χ1v) is 15.8. The summed E-state index contributed by atoms with van der Waals surface area (Å²) in [7, 11) is 0. The summed E-state index contributed by atoms with van der Waals surface area (Å²) in [5.41, 5.74) is 12.5. The van der Waals surface area contributed by atoms with Crippen molar-refractivity contribution in [1.29, 1.82) is 0 Å². The first-order chi connectivity index (χ1) is 21.1. The Balaban J connectivity index is 1.56. The van der Waals surface area contributed by atoms with Gasteiger partial charge in [0.1, 0.15) is 17.0 Å². The second-order valence-corrected chi connectivity index (χ2v) is 13.7. The van der Waals surface area contributed by atoms with Crippen molar-refractivity contribution in [3.63, 3.8) is 0 Å². The van der Waals surface area contributed by atoms with Crippen LogP contribution in [0.1, 0.15) is 77.0 Å². The molecule has 0 radical (unpaired) electrons. The van der Waals surface area contributed by atoms with Crippen LogP contribution < -0.4 is 0 Å². The third kappa shape index (κ3) is 4.63. The fourth-order valence-electron chi connectivity index (χ4n) is 6.49. The van der Waals surface area contributed by atoms with Gasteiger partial charge in [-0.1, -0.05) is 115 Å². The Morgan fingerprint density at radius 3 is 2.02 bits per heavy atom. The third-order valence-corrected chi connectivity index (χ3v) is 8.91. The number of nitrogens with zero attached hydrogens (tertiary/aromatic N) is 2. The number of imidazole rings is 1. The maximum atomic E-state index is 6.74. The number of furan rings is 1. The molecule has 0 N–H and O–H groups in total. The molecule has 0 atom stereocenters. The van der Waals surface area contributed by atoms with Gasteiger partial charge >= 0.3 is 0 Å². The number of rotatable bonds is 5. The van der Waals surface area contributed by atoms with Gasteiger partial charge in [-0.05, 0) is 81.5 Å². The van der Waals surface area contributed by atoms with E-state index in [0.29, 0.717) is 11.8 Å². The van der Waals surface area contributed by atoms with E-state index in [9.17, 15) is 0 Å². The lowest BCUT2D eigenvalue weighted by Crippen LogP contribution is -2.10.